The zero-order chi connectivity index (χ0) is 13.1. The first-order valence-corrected chi connectivity index (χ1v) is 5.98. The highest BCUT2D eigenvalue weighted by molar-refractivity contribution is 5.87. The molecule has 94 valence electrons. The minimum atomic E-state index is -0.959. The molecule has 1 N–H and O–H groups in total. The number of rotatable bonds is 4. The molecule has 0 saturated heterocycles. The monoisotopic (exact) mass is 244 g/mol. The van der Waals surface area contributed by atoms with Crippen LogP contribution in [0.3, 0.4) is 0 Å². The van der Waals surface area contributed by atoms with E-state index in [4.69, 9.17) is 5.11 Å². The molecule has 0 aliphatic carbocycles. The number of benzene rings is 1. The first kappa shape index (κ1) is 12.4. The second-order valence-corrected chi connectivity index (χ2v) is 4.29. The molecule has 1 aromatic carbocycles. The van der Waals surface area contributed by atoms with Crippen molar-refractivity contribution in [3.05, 3.63) is 41.6 Å². The van der Waals surface area contributed by atoms with E-state index in [1.54, 1.807) is 13.1 Å². The maximum atomic E-state index is 10.9. The van der Waals surface area contributed by atoms with E-state index in [1.807, 2.05) is 12.1 Å². The van der Waals surface area contributed by atoms with Crippen molar-refractivity contribution in [2.45, 2.75) is 19.8 Å². The van der Waals surface area contributed by atoms with E-state index in [0.717, 1.165) is 18.4 Å². The molecule has 1 aromatic heterocycles. The lowest BCUT2D eigenvalue weighted by Gasteiger charge is -2.00. The third-order valence-electron chi connectivity index (χ3n) is 2.89. The average Bonchev–Trinajstić information content (AvgIpc) is 2.73. The van der Waals surface area contributed by atoms with E-state index in [0.29, 0.717) is 5.69 Å². The van der Waals surface area contributed by atoms with Crippen LogP contribution in [-0.2, 0) is 13.5 Å². The maximum absolute atomic E-state index is 10.9. The summed E-state index contributed by atoms with van der Waals surface area (Å²) in [6, 6.07) is 9.69. The molecule has 0 aliphatic rings. The highest BCUT2D eigenvalue weighted by Gasteiger charge is 2.12. The molecule has 2 rings (SSSR count). The van der Waals surface area contributed by atoms with Crippen LogP contribution in [0.2, 0.25) is 0 Å². The summed E-state index contributed by atoms with van der Waals surface area (Å²) in [5.41, 5.74) is 3.12. The van der Waals surface area contributed by atoms with E-state index < -0.39 is 5.97 Å². The number of carboxylic acids is 1. The molecule has 0 atom stereocenters. The highest BCUT2D eigenvalue weighted by atomic mass is 16.4. The Kier molecular flexibility index (Phi) is 3.46. The Morgan fingerprint density at radius 2 is 2.00 bits per heavy atom. The second kappa shape index (κ2) is 5.04. The summed E-state index contributed by atoms with van der Waals surface area (Å²) in [5.74, 6) is -0.959. The molecule has 0 spiro atoms. The van der Waals surface area contributed by atoms with Crippen molar-refractivity contribution in [3.8, 4) is 11.3 Å². The lowest BCUT2D eigenvalue weighted by molar-refractivity contribution is 0.0685. The molecule has 0 bridgehead atoms. The van der Waals surface area contributed by atoms with Crippen molar-refractivity contribution in [1.82, 2.24) is 9.78 Å². The quantitative estimate of drug-likeness (QED) is 0.899. The van der Waals surface area contributed by atoms with E-state index in [-0.39, 0.29) is 5.69 Å². The second-order valence-electron chi connectivity index (χ2n) is 4.29. The van der Waals surface area contributed by atoms with Crippen LogP contribution in [0.4, 0.5) is 0 Å². The normalized spacial score (nSPS) is 10.6. The van der Waals surface area contributed by atoms with Gasteiger partial charge in [-0.05, 0) is 18.1 Å². The fraction of sp³-hybridized carbons (Fsp3) is 0.286. The van der Waals surface area contributed by atoms with Crippen molar-refractivity contribution in [2.75, 3.05) is 0 Å². The van der Waals surface area contributed by atoms with Crippen molar-refractivity contribution in [3.63, 3.8) is 0 Å². The topological polar surface area (TPSA) is 55.1 Å². The van der Waals surface area contributed by atoms with Crippen LogP contribution in [0.1, 0.15) is 29.4 Å². The third-order valence-corrected chi connectivity index (χ3v) is 2.89. The van der Waals surface area contributed by atoms with Gasteiger partial charge in [0.2, 0.25) is 0 Å². The molecular weight excluding hydrogens is 228 g/mol. The van der Waals surface area contributed by atoms with Crippen LogP contribution < -0.4 is 0 Å². The third kappa shape index (κ3) is 2.42. The molecule has 0 amide bonds. The molecule has 4 heteroatoms. The van der Waals surface area contributed by atoms with Crippen molar-refractivity contribution >= 4 is 5.97 Å². The van der Waals surface area contributed by atoms with Gasteiger partial charge >= 0.3 is 5.97 Å². The van der Waals surface area contributed by atoms with Crippen LogP contribution >= 0.6 is 0 Å². The average molecular weight is 244 g/mol. The number of nitrogens with zero attached hydrogens (tertiary/aromatic N) is 2. The predicted molar refractivity (Wildman–Crippen MR) is 69.6 cm³/mol. The molecule has 0 fully saturated rings. The van der Waals surface area contributed by atoms with E-state index >= 15 is 0 Å². The lowest BCUT2D eigenvalue weighted by atomic mass is 10.1. The van der Waals surface area contributed by atoms with E-state index in [9.17, 15) is 4.79 Å². The van der Waals surface area contributed by atoms with Gasteiger partial charge in [0, 0.05) is 12.6 Å². The van der Waals surface area contributed by atoms with Crippen molar-refractivity contribution in [2.24, 2.45) is 7.05 Å². The smallest absolute Gasteiger partial charge is 0.354 e. The first-order valence-electron chi connectivity index (χ1n) is 5.98. The van der Waals surface area contributed by atoms with E-state index in [1.165, 1.54) is 10.2 Å². The maximum Gasteiger partial charge on any atom is 0.354 e. The zero-order valence-corrected chi connectivity index (χ0v) is 10.6. The summed E-state index contributed by atoms with van der Waals surface area (Å²) >= 11 is 0. The van der Waals surface area contributed by atoms with Gasteiger partial charge in [0.15, 0.2) is 0 Å². The number of carbonyl (C=O) groups is 1. The lowest BCUT2D eigenvalue weighted by Crippen LogP contribution is -2.04. The minimum absolute atomic E-state index is 0.197. The largest absolute Gasteiger partial charge is 0.477 e. The van der Waals surface area contributed by atoms with Crippen LogP contribution in [0.15, 0.2) is 30.3 Å². The number of aromatic carboxylic acids is 1. The Morgan fingerprint density at radius 3 is 2.50 bits per heavy atom. The molecule has 2 aromatic rings. The number of carboxylic acid groups (broad SMARTS) is 1. The summed E-state index contributed by atoms with van der Waals surface area (Å²) in [6.45, 7) is 2.14. The van der Waals surface area contributed by atoms with Crippen molar-refractivity contribution in [1.29, 1.82) is 0 Å². The van der Waals surface area contributed by atoms with Gasteiger partial charge in [0.05, 0.1) is 5.69 Å². The molecule has 4 nitrogen and oxygen atoms in total. The molecular formula is C14H16N2O2. The fourth-order valence-corrected chi connectivity index (χ4v) is 1.94. The van der Waals surface area contributed by atoms with Gasteiger partial charge in [-0.15, -0.1) is 0 Å². The van der Waals surface area contributed by atoms with Gasteiger partial charge < -0.3 is 5.11 Å². The molecule has 1 heterocycles. The van der Waals surface area contributed by atoms with Crippen LogP contribution in [-0.4, -0.2) is 20.9 Å². The van der Waals surface area contributed by atoms with Gasteiger partial charge in [-0.2, -0.15) is 5.10 Å². The zero-order valence-electron chi connectivity index (χ0n) is 10.6. The Labute approximate surface area is 106 Å². The van der Waals surface area contributed by atoms with E-state index in [2.05, 4.69) is 24.2 Å². The van der Waals surface area contributed by atoms with Crippen molar-refractivity contribution < 1.29 is 9.90 Å². The highest BCUT2D eigenvalue weighted by Crippen LogP contribution is 2.20. The summed E-state index contributed by atoms with van der Waals surface area (Å²) in [7, 11) is 1.64. The Balaban J connectivity index is 2.31. The number of hydrogen-bond acceptors (Lipinski definition) is 2. The van der Waals surface area contributed by atoms with Gasteiger partial charge in [0.1, 0.15) is 5.69 Å². The van der Waals surface area contributed by atoms with Gasteiger partial charge in [-0.25, -0.2) is 4.79 Å². The standard InChI is InChI=1S/C14H16N2O2/c1-3-4-10-5-7-11(8-6-10)12-9-13(14(17)18)16(2)15-12/h5-9H,3-4H2,1-2H3,(H,17,18). The Hall–Kier alpha value is -2.10. The number of hydrogen-bond donors (Lipinski definition) is 1. The van der Waals surface area contributed by atoms with Gasteiger partial charge in [-0.3, -0.25) is 4.68 Å². The Bertz CT molecular complexity index is 556. The first-order chi connectivity index (χ1) is 8.61. The van der Waals surface area contributed by atoms with Crippen LogP contribution in [0, 0.1) is 0 Å². The van der Waals surface area contributed by atoms with Gasteiger partial charge in [-0.1, -0.05) is 37.6 Å². The molecule has 0 radical (unpaired) electrons. The molecule has 0 saturated carbocycles. The predicted octanol–water partition coefficient (Wildman–Crippen LogP) is 2.74. The van der Waals surface area contributed by atoms with Crippen LogP contribution in [0.25, 0.3) is 11.3 Å². The SMILES string of the molecule is CCCc1ccc(-c2cc(C(=O)O)n(C)n2)cc1. The molecule has 18 heavy (non-hydrogen) atoms. The molecule has 0 aliphatic heterocycles. The van der Waals surface area contributed by atoms with Crippen LogP contribution in [0.5, 0.6) is 0 Å². The summed E-state index contributed by atoms with van der Waals surface area (Å²) in [6.07, 6.45) is 2.18. The molecule has 0 unspecified atom stereocenters. The summed E-state index contributed by atoms with van der Waals surface area (Å²) < 4.78 is 1.39. The summed E-state index contributed by atoms with van der Waals surface area (Å²) in [4.78, 5) is 10.9. The minimum Gasteiger partial charge on any atom is -0.477 e. The Morgan fingerprint density at radius 1 is 1.33 bits per heavy atom. The number of aromatic nitrogens is 2. The summed E-state index contributed by atoms with van der Waals surface area (Å²) in [5, 5.41) is 13.2. The van der Waals surface area contributed by atoms with Gasteiger partial charge in [0.25, 0.3) is 0 Å². The fourth-order valence-electron chi connectivity index (χ4n) is 1.94. The number of aryl methyl sites for hydroxylation is 2.